The molecule has 0 bridgehead atoms. The van der Waals surface area contributed by atoms with Crippen LogP contribution in [0.1, 0.15) is 38.8 Å². The van der Waals surface area contributed by atoms with E-state index in [2.05, 4.69) is 14.9 Å². The number of H-pyrrole nitrogens is 1. The summed E-state index contributed by atoms with van der Waals surface area (Å²) in [4.78, 5) is 35.6. The van der Waals surface area contributed by atoms with Gasteiger partial charge in [-0.25, -0.2) is 4.79 Å². The summed E-state index contributed by atoms with van der Waals surface area (Å²) < 4.78 is 5.45. The van der Waals surface area contributed by atoms with E-state index >= 15 is 0 Å². The molecule has 3 rings (SSSR count). The number of ether oxygens (including phenoxy) is 1. The molecule has 1 saturated heterocycles. The summed E-state index contributed by atoms with van der Waals surface area (Å²) in [5.74, 6) is 0. The summed E-state index contributed by atoms with van der Waals surface area (Å²) >= 11 is 0. The zero-order valence-corrected chi connectivity index (χ0v) is 17.6. The molecule has 8 nitrogen and oxygen atoms in total. The highest BCUT2D eigenvalue weighted by molar-refractivity contribution is 5.74. The maximum atomic E-state index is 12.4. The topological polar surface area (TPSA) is 98.8 Å². The molecule has 1 aliphatic heterocycles. The van der Waals surface area contributed by atoms with Crippen molar-refractivity contribution in [3.8, 4) is 0 Å². The van der Waals surface area contributed by atoms with Gasteiger partial charge in [-0.2, -0.15) is 0 Å². The Labute approximate surface area is 170 Å². The van der Waals surface area contributed by atoms with Gasteiger partial charge in [-0.15, -0.1) is 0 Å². The molecule has 0 radical (unpaired) electrons. The first-order valence-corrected chi connectivity index (χ1v) is 10.0. The minimum Gasteiger partial charge on any atom is -0.444 e. The van der Waals surface area contributed by atoms with Gasteiger partial charge in [-0.1, -0.05) is 6.92 Å². The molecule has 3 heterocycles. The fraction of sp³-hybridized carbons (Fsp3) is 0.571. The third kappa shape index (κ3) is 5.13. The van der Waals surface area contributed by atoms with Gasteiger partial charge in [0.05, 0.1) is 23.7 Å². The Morgan fingerprint density at radius 3 is 2.76 bits per heavy atom. The molecule has 0 saturated carbocycles. The van der Waals surface area contributed by atoms with Crippen LogP contribution in [0, 0.1) is 0 Å². The number of pyridine rings is 2. The number of carbonyl (C=O) groups excluding carboxylic acids is 1. The van der Waals surface area contributed by atoms with Crippen LogP contribution in [0.15, 0.2) is 23.1 Å². The summed E-state index contributed by atoms with van der Waals surface area (Å²) in [6.07, 6.45) is 2.08. The van der Waals surface area contributed by atoms with E-state index in [9.17, 15) is 14.7 Å². The summed E-state index contributed by atoms with van der Waals surface area (Å²) in [6, 6.07) is 3.45. The number of nitrogens with zero attached hydrogens (tertiary/aromatic N) is 3. The molecular weight excluding hydrogens is 372 g/mol. The highest BCUT2D eigenvalue weighted by Crippen LogP contribution is 2.18. The van der Waals surface area contributed by atoms with E-state index in [0.29, 0.717) is 32.6 Å². The lowest BCUT2D eigenvalue weighted by Crippen LogP contribution is -2.57. The van der Waals surface area contributed by atoms with Crippen molar-refractivity contribution in [3.63, 3.8) is 0 Å². The Bertz CT molecular complexity index is 934. The smallest absolute Gasteiger partial charge is 0.410 e. The predicted octanol–water partition coefficient (Wildman–Crippen LogP) is 1.90. The molecule has 0 spiro atoms. The van der Waals surface area contributed by atoms with Gasteiger partial charge in [0, 0.05) is 37.9 Å². The van der Waals surface area contributed by atoms with E-state index in [1.54, 1.807) is 4.90 Å². The second kappa shape index (κ2) is 8.51. The molecule has 2 aromatic heterocycles. The maximum Gasteiger partial charge on any atom is 0.410 e. The molecule has 1 unspecified atom stereocenters. The molecule has 0 aromatic carbocycles. The molecular formula is C21H30N4O4. The molecule has 2 N–H and O–H groups in total. The fourth-order valence-electron chi connectivity index (χ4n) is 3.55. The molecule has 8 heteroatoms. The summed E-state index contributed by atoms with van der Waals surface area (Å²) in [6.45, 7) is 9.62. The first-order valence-electron chi connectivity index (χ1n) is 10.0. The second-order valence-electron chi connectivity index (χ2n) is 8.50. The number of fused-ring (bicyclic) bond motifs is 1. The summed E-state index contributed by atoms with van der Waals surface area (Å²) in [5, 5.41) is 9.79. The molecule has 1 amide bonds. The van der Waals surface area contributed by atoms with E-state index in [1.807, 2.05) is 46.0 Å². The molecule has 0 aliphatic carbocycles. The molecule has 1 fully saturated rings. The largest absolute Gasteiger partial charge is 0.444 e. The van der Waals surface area contributed by atoms with E-state index in [4.69, 9.17) is 4.74 Å². The molecule has 1 aliphatic rings. The third-order valence-electron chi connectivity index (χ3n) is 5.02. The number of hydrogen-bond donors (Lipinski definition) is 2. The minimum absolute atomic E-state index is 0.0785. The van der Waals surface area contributed by atoms with Crippen LogP contribution in [0.3, 0.4) is 0 Å². The number of hydrogen-bond acceptors (Lipinski definition) is 6. The molecule has 2 aromatic rings. The van der Waals surface area contributed by atoms with Crippen molar-refractivity contribution >= 4 is 17.1 Å². The predicted molar refractivity (Wildman–Crippen MR) is 111 cm³/mol. The van der Waals surface area contributed by atoms with Crippen molar-refractivity contribution in [3.05, 3.63) is 39.8 Å². The van der Waals surface area contributed by atoms with Crippen LogP contribution in [-0.2, 0) is 17.7 Å². The average Bonchev–Trinajstić information content (AvgIpc) is 2.65. The van der Waals surface area contributed by atoms with Crippen LogP contribution in [0.5, 0.6) is 0 Å². The first-order chi connectivity index (χ1) is 13.7. The maximum absolute atomic E-state index is 12.4. The van der Waals surface area contributed by atoms with Crippen LogP contribution >= 0.6 is 0 Å². The van der Waals surface area contributed by atoms with E-state index in [0.717, 1.165) is 22.2 Å². The number of aliphatic hydroxyl groups is 1. The Balaban J connectivity index is 1.70. The van der Waals surface area contributed by atoms with Crippen molar-refractivity contribution in [2.45, 2.75) is 52.3 Å². The van der Waals surface area contributed by atoms with Gasteiger partial charge in [-0.3, -0.25) is 14.7 Å². The number of aryl methyl sites for hydroxylation is 1. The summed E-state index contributed by atoms with van der Waals surface area (Å²) in [5.41, 5.74) is 2.54. The number of nitrogens with one attached hydrogen (secondary N) is 1. The van der Waals surface area contributed by atoms with Crippen molar-refractivity contribution < 1.29 is 14.6 Å². The van der Waals surface area contributed by atoms with Crippen molar-refractivity contribution in [1.82, 2.24) is 19.8 Å². The number of rotatable bonds is 4. The lowest BCUT2D eigenvalue weighted by Gasteiger charge is -2.41. The van der Waals surface area contributed by atoms with Gasteiger partial charge in [0.25, 0.3) is 5.56 Å². The number of piperazine rings is 1. The van der Waals surface area contributed by atoms with Crippen molar-refractivity contribution in [2.24, 2.45) is 0 Å². The lowest BCUT2D eigenvalue weighted by atomic mass is 10.1. The number of amides is 1. The van der Waals surface area contributed by atoms with Gasteiger partial charge in [0.1, 0.15) is 5.60 Å². The van der Waals surface area contributed by atoms with Crippen LogP contribution in [-0.4, -0.2) is 68.9 Å². The van der Waals surface area contributed by atoms with Crippen molar-refractivity contribution in [2.75, 3.05) is 26.2 Å². The first kappa shape index (κ1) is 21.3. The Morgan fingerprint density at radius 1 is 1.34 bits per heavy atom. The fourth-order valence-corrected chi connectivity index (χ4v) is 3.55. The minimum atomic E-state index is -0.570. The van der Waals surface area contributed by atoms with Crippen LogP contribution in [0.2, 0.25) is 0 Å². The average molecular weight is 402 g/mol. The van der Waals surface area contributed by atoms with Gasteiger partial charge in [0.15, 0.2) is 0 Å². The van der Waals surface area contributed by atoms with Gasteiger partial charge < -0.3 is 19.7 Å². The van der Waals surface area contributed by atoms with Crippen molar-refractivity contribution in [1.29, 1.82) is 0 Å². The monoisotopic (exact) mass is 402 g/mol. The zero-order valence-electron chi connectivity index (χ0n) is 17.6. The van der Waals surface area contributed by atoms with Gasteiger partial charge in [0.2, 0.25) is 0 Å². The van der Waals surface area contributed by atoms with E-state index < -0.39 is 11.7 Å². The quantitative estimate of drug-likeness (QED) is 0.810. The lowest BCUT2D eigenvalue weighted by molar-refractivity contribution is -0.0127. The van der Waals surface area contributed by atoms with Gasteiger partial charge >= 0.3 is 6.09 Å². The Morgan fingerprint density at radius 2 is 2.10 bits per heavy atom. The van der Waals surface area contributed by atoms with E-state index in [1.165, 1.54) is 0 Å². The summed E-state index contributed by atoms with van der Waals surface area (Å²) in [7, 11) is 0. The van der Waals surface area contributed by atoms with Crippen LogP contribution in [0.4, 0.5) is 4.79 Å². The standard InChI is InChI=1S/C21H30N4O4/c1-5-15-9-17-18(23-19(15)27)8-14(10-22-17)11-24-6-7-25(16(12-24)13-26)20(28)29-21(2,3)4/h8-10,16,26H,5-7,11-13H2,1-4H3,(H,23,27). The van der Waals surface area contributed by atoms with Crippen LogP contribution in [0.25, 0.3) is 11.0 Å². The number of carbonyl (C=O) groups is 1. The van der Waals surface area contributed by atoms with Crippen LogP contribution < -0.4 is 5.56 Å². The number of aromatic amines is 1. The molecule has 158 valence electrons. The number of aromatic nitrogens is 2. The van der Waals surface area contributed by atoms with Gasteiger partial charge in [-0.05, 0) is 44.9 Å². The molecule has 1 atom stereocenters. The Kier molecular flexibility index (Phi) is 6.24. The number of aliphatic hydroxyl groups excluding tert-OH is 1. The SMILES string of the molecule is CCc1cc2ncc(CN3CCN(C(=O)OC(C)(C)C)C(CO)C3)cc2[nH]c1=O. The second-order valence-corrected chi connectivity index (χ2v) is 8.50. The highest BCUT2D eigenvalue weighted by Gasteiger charge is 2.32. The Hall–Kier alpha value is -2.45. The highest BCUT2D eigenvalue weighted by atomic mass is 16.6. The third-order valence-corrected chi connectivity index (χ3v) is 5.02. The van der Waals surface area contributed by atoms with E-state index in [-0.39, 0.29) is 18.2 Å². The normalized spacial score (nSPS) is 18.2. The zero-order chi connectivity index (χ0) is 21.2. The molecule has 29 heavy (non-hydrogen) atoms.